The second kappa shape index (κ2) is 7.46. The number of aromatic nitrogens is 2. The number of nitro groups is 1. The number of hydrogen-bond acceptors (Lipinski definition) is 4. The van der Waals surface area contributed by atoms with Gasteiger partial charge in [0.05, 0.1) is 16.3 Å². The zero-order valence-corrected chi connectivity index (χ0v) is 16.6. The highest BCUT2D eigenvalue weighted by Crippen LogP contribution is 2.28. The highest BCUT2D eigenvalue weighted by Gasteiger charge is 2.25. The molecule has 0 unspecified atom stereocenters. The molecule has 0 radical (unpaired) electrons. The first-order valence-electron chi connectivity index (χ1n) is 9.00. The lowest BCUT2D eigenvalue weighted by Crippen LogP contribution is -2.17. The maximum Gasteiger partial charge on any atom is 0.285 e. The van der Waals surface area contributed by atoms with Crippen LogP contribution in [0.25, 0.3) is 5.69 Å². The molecule has 1 aromatic heterocycles. The molecule has 0 bridgehead atoms. The fraction of sp³-hybridized carbons (Fsp3) is 0.238. The molecule has 0 aliphatic carbocycles. The molecule has 0 spiro atoms. The van der Waals surface area contributed by atoms with E-state index in [1.807, 2.05) is 20.8 Å². The lowest BCUT2D eigenvalue weighted by Gasteiger charge is -2.14. The molecule has 0 atom stereocenters. The number of aryl methyl sites for hydroxylation is 1. The molecule has 3 aromatic rings. The maximum absolute atomic E-state index is 13.3. The molecule has 0 aliphatic rings. The van der Waals surface area contributed by atoms with Crippen LogP contribution in [0.2, 0.25) is 0 Å². The number of hydrogen-bond donors (Lipinski definition) is 1. The van der Waals surface area contributed by atoms with Gasteiger partial charge < -0.3 is 5.32 Å². The van der Waals surface area contributed by atoms with Crippen LogP contribution in [0.5, 0.6) is 0 Å². The average molecular weight is 396 g/mol. The van der Waals surface area contributed by atoms with E-state index in [0.29, 0.717) is 22.8 Å². The van der Waals surface area contributed by atoms with Gasteiger partial charge in [0, 0.05) is 17.0 Å². The third kappa shape index (κ3) is 4.16. The van der Waals surface area contributed by atoms with Gasteiger partial charge in [-0.1, -0.05) is 32.9 Å². The van der Waals surface area contributed by atoms with Crippen LogP contribution in [0.3, 0.4) is 0 Å². The summed E-state index contributed by atoms with van der Waals surface area (Å²) in [6.45, 7) is 7.50. The van der Waals surface area contributed by atoms with Crippen molar-refractivity contribution >= 4 is 17.4 Å². The monoisotopic (exact) mass is 396 g/mol. The minimum atomic E-state index is -0.621. The van der Waals surface area contributed by atoms with E-state index < -0.39 is 16.6 Å². The van der Waals surface area contributed by atoms with Crippen molar-refractivity contribution in [2.75, 3.05) is 5.32 Å². The SMILES string of the molecule is Cc1cccc(C(=O)Nc2cc(C(C)(C)C)nn2-c2ccc(F)cc2)c1[N+](=O)[O-]. The largest absolute Gasteiger partial charge is 0.306 e. The summed E-state index contributed by atoms with van der Waals surface area (Å²) in [6, 6.07) is 12.0. The lowest BCUT2D eigenvalue weighted by atomic mass is 9.92. The summed E-state index contributed by atoms with van der Waals surface area (Å²) in [4.78, 5) is 23.7. The third-order valence-corrected chi connectivity index (χ3v) is 4.46. The Hall–Kier alpha value is -3.55. The van der Waals surface area contributed by atoms with Crippen molar-refractivity contribution in [3.05, 3.63) is 81.3 Å². The van der Waals surface area contributed by atoms with E-state index in [9.17, 15) is 19.3 Å². The van der Waals surface area contributed by atoms with Gasteiger partial charge in [-0.15, -0.1) is 0 Å². The summed E-state index contributed by atoms with van der Waals surface area (Å²) in [5.74, 6) is -0.676. The average Bonchev–Trinajstić information content (AvgIpc) is 3.06. The number of amides is 1. The minimum Gasteiger partial charge on any atom is -0.306 e. The summed E-state index contributed by atoms with van der Waals surface area (Å²) in [5, 5.41) is 18.7. The van der Waals surface area contributed by atoms with Crippen molar-refractivity contribution in [1.82, 2.24) is 9.78 Å². The highest BCUT2D eigenvalue weighted by molar-refractivity contribution is 6.07. The van der Waals surface area contributed by atoms with Gasteiger partial charge >= 0.3 is 0 Å². The molecule has 150 valence electrons. The molecule has 1 amide bonds. The van der Waals surface area contributed by atoms with Crippen molar-refractivity contribution in [2.45, 2.75) is 33.1 Å². The van der Waals surface area contributed by atoms with Crippen molar-refractivity contribution in [3.8, 4) is 5.69 Å². The Balaban J connectivity index is 2.06. The Labute approximate surface area is 167 Å². The van der Waals surface area contributed by atoms with E-state index in [2.05, 4.69) is 10.4 Å². The molecule has 0 fully saturated rings. The smallest absolute Gasteiger partial charge is 0.285 e. The van der Waals surface area contributed by atoms with Gasteiger partial charge in [0.25, 0.3) is 11.6 Å². The summed E-state index contributed by atoms with van der Waals surface area (Å²) in [5.41, 5.74) is 1.06. The quantitative estimate of drug-likeness (QED) is 0.508. The Morgan fingerprint density at radius 1 is 1.17 bits per heavy atom. The van der Waals surface area contributed by atoms with Crippen molar-refractivity contribution in [1.29, 1.82) is 0 Å². The number of benzene rings is 2. The second-order valence-corrected chi connectivity index (χ2v) is 7.74. The summed E-state index contributed by atoms with van der Waals surface area (Å²) in [7, 11) is 0. The molecule has 1 N–H and O–H groups in total. The van der Waals surface area contributed by atoms with Gasteiger partial charge in [-0.2, -0.15) is 5.10 Å². The normalized spacial score (nSPS) is 11.3. The van der Waals surface area contributed by atoms with E-state index in [0.717, 1.165) is 0 Å². The van der Waals surface area contributed by atoms with Crippen molar-refractivity contribution in [3.63, 3.8) is 0 Å². The third-order valence-electron chi connectivity index (χ3n) is 4.46. The van der Waals surface area contributed by atoms with Gasteiger partial charge in [-0.3, -0.25) is 14.9 Å². The van der Waals surface area contributed by atoms with Crippen molar-refractivity contribution < 1.29 is 14.1 Å². The molecule has 7 nitrogen and oxygen atoms in total. The number of halogens is 1. The fourth-order valence-electron chi connectivity index (χ4n) is 2.88. The first-order valence-corrected chi connectivity index (χ1v) is 9.00. The Morgan fingerprint density at radius 2 is 1.83 bits per heavy atom. The van der Waals surface area contributed by atoms with E-state index in [1.54, 1.807) is 37.3 Å². The number of nitrogens with one attached hydrogen (secondary N) is 1. The number of carbonyl (C=O) groups is 1. The molecule has 0 saturated carbocycles. The van der Waals surface area contributed by atoms with Crippen LogP contribution in [-0.4, -0.2) is 20.6 Å². The summed E-state index contributed by atoms with van der Waals surface area (Å²) >= 11 is 0. The lowest BCUT2D eigenvalue weighted by molar-refractivity contribution is -0.385. The number of nitro benzene ring substituents is 1. The zero-order chi connectivity index (χ0) is 21.3. The van der Waals surface area contributed by atoms with E-state index in [-0.39, 0.29) is 16.7 Å². The first kappa shape index (κ1) is 20.2. The Morgan fingerprint density at radius 3 is 2.41 bits per heavy atom. The van der Waals surface area contributed by atoms with Crippen LogP contribution >= 0.6 is 0 Å². The van der Waals surface area contributed by atoms with Crippen LogP contribution in [-0.2, 0) is 5.41 Å². The molecule has 8 heteroatoms. The molecule has 29 heavy (non-hydrogen) atoms. The first-order chi connectivity index (χ1) is 13.6. The molecule has 0 aliphatic heterocycles. The molecule has 1 heterocycles. The summed E-state index contributed by atoms with van der Waals surface area (Å²) < 4.78 is 14.8. The molecular weight excluding hydrogens is 375 g/mol. The molecule has 2 aromatic carbocycles. The number of rotatable bonds is 4. The Bertz CT molecular complexity index is 1080. The molecular formula is C21H21FN4O3. The number of anilines is 1. The van der Waals surface area contributed by atoms with Gasteiger partial charge in [0.1, 0.15) is 17.2 Å². The van der Waals surface area contributed by atoms with E-state index in [1.165, 1.54) is 22.9 Å². The van der Waals surface area contributed by atoms with E-state index in [4.69, 9.17) is 0 Å². The van der Waals surface area contributed by atoms with Gasteiger partial charge in [0.2, 0.25) is 0 Å². The van der Waals surface area contributed by atoms with Crippen LogP contribution in [0.15, 0.2) is 48.5 Å². The maximum atomic E-state index is 13.3. The van der Waals surface area contributed by atoms with Crippen LogP contribution in [0.1, 0.15) is 42.4 Å². The Kier molecular flexibility index (Phi) is 5.19. The highest BCUT2D eigenvalue weighted by atomic mass is 19.1. The molecule has 3 rings (SSSR count). The van der Waals surface area contributed by atoms with Gasteiger partial charge in [-0.05, 0) is 37.3 Å². The second-order valence-electron chi connectivity index (χ2n) is 7.74. The van der Waals surface area contributed by atoms with Crippen LogP contribution in [0.4, 0.5) is 15.9 Å². The van der Waals surface area contributed by atoms with Crippen molar-refractivity contribution in [2.24, 2.45) is 0 Å². The molecule has 0 saturated heterocycles. The summed E-state index contributed by atoms with van der Waals surface area (Å²) in [6.07, 6.45) is 0. The number of para-hydroxylation sites is 1. The number of carbonyl (C=O) groups excluding carboxylic acids is 1. The predicted molar refractivity (Wildman–Crippen MR) is 108 cm³/mol. The minimum absolute atomic E-state index is 0.0424. The van der Waals surface area contributed by atoms with Crippen LogP contribution in [0, 0.1) is 22.9 Å². The van der Waals surface area contributed by atoms with E-state index >= 15 is 0 Å². The standard InChI is InChI=1S/C21H21FN4O3/c1-13-6-5-7-16(19(13)26(28)29)20(27)23-18-12-17(21(2,3)4)24-25(18)15-10-8-14(22)9-11-15/h5-12H,1-4H3,(H,23,27). The predicted octanol–water partition coefficient (Wildman–Crippen LogP) is 4.78. The van der Waals surface area contributed by atoms with Crippen LogP contribution < -0.4 is 5.32 Å². The van der Waals surface area contributed by atoms with Gasteiger partial charge in [0.15, 0.2) is 0 Å². The number of nitrogens with zero attached hydrogens (tertiary/aromatic N) is 3. The topological polar surface area (TPSA) is 90.1 Å². The zero-order valence-electron chi connectivity index (χ0n) is 16.6. The van der Waals surface area contributed by atoms with Gasteiger partial charge in [-0.25, -0.2) is 9.07 Å². The fourth-order valence-corrected chi connectivity index (χ4v) is 2.88.